The van der Waals surface area contributed by atoms with Crippen LogP contribution in [0.25, 0.3) is 0 Å². The summed E-state index contributed by atoms with van der Waals surface area (Å²) in [6, 6.07) is 0. The lowest BCUT2D eigenvalue weighted by Crippen LogP contribution is -2.19. The SMILES string of the molecule is CS(=O)CCCNCC1CC1. The summed E-state index contributed by atoms with van der Waals surface area (Å²) in [5.74, 6) is 1.81. The summed E-state index contributed by atoms with van der Waals surface area (Å²) in [4.78, 5) is 0. The van der Waals surface area contributed by atoms with Crippen LogP contribution in [0, 0.1) is 5.92 Å². The van der Waals surface area contributed by atoms with Gasteiger partial charge in [0.05, 0.1) is 0 Å². The largest absolute Gasteiger partial charge is 0.316 e. The second kappa shape index (κ2) is 4.88. The van der Waals surface area contributed by atoms with E-state index in [0.29, 0.717) is 0 Å². The van der Waals surface area contributed by atoms with Crippen molar-refractivity contribution in [2.75, 3.05) is 25.1 Å². The summed E-state index contributed by atoms with van der Waals surface area (Å²) in [6.45, 7) is 2.21. The van der Waals surface area contributed by atoms with Crippen LogP contribution in [0.1, 0.15) is 19.3 Å². The molecule has 0 aliphatic heterocycles. The van der Waals surface area contributed by atoms with Gasteiger partial charge in [-0.15, -0.1) is 0 Å². The molecule has 0 bridgehead atoms. The van der Waals surface area contributed by atoms with Crippen molar-refractivity contribution in [1.82, 2.24) is 5.32 Å². The van der Waals surface area contributed by atoms with E-state index < -0.39 is 10.8 Å². The van der Waals surface area contributed by atoms with Crippen molar-refractivity contribution in [3.63, 3.8) is 0 Å². The molecule has 0 amide bonds. The van der Waals surface area contributed by atoms with E-state index in [1.807, 2.05) is 0 Å². The number of rotatable bonds is 6. The number of hydrogen-bond donors (Lipinski definition) is 1. The first-order chi connectivity index (χ1) is 5.29. The van der Waals surface area contributed by atoms with E-state index in [9.17, 15) is 4.21 Å². The molecule has 0 aromatic heterocycles. The Morgan fingerprint density at radius 1 is 1.55 bits per heavy atom. The van der Waals surface area contributed by atoms with Crippen LogP contribution < -0.4 is 5.32 Å². The van der Waals surface area contributed by atoms with Gasteiger partial charge in [-0.05, 0) is 38.3 Å². The first-order valence-electron chi connectivity index (χ1n) is 4.30. The fourth-order valence-electron chi connectivity index (χ4n) is 1.03. The topological polar surface area (TPSA) is 29.1 Å². The summed E-state index contributed by atoms with van der Waals surface area (Å²) in [7, 11) is -0.604. The molecule has 0 saturated heterocycles. The standard InChI is InChI=1S/C8H17NOS/c1-11(10)6-2-5-9-7-8-3-4-8/h8-9H,2-7H2,1H3. The third-order valence-electron chi connectivity index (χ3n) is 1.92. The van der Waals surface area contributed by atoms with E-state index in [0.717, 1.165) is 24.6 Å². The average Bonchev–Trinajstić information content (AvgIpc) is 2.70. The van der Waals surface area contributed by atoms with Crippen LogP contribution in [0.15, 0.2) is 0 Å². The Labute approximate surface area is 71.2 Å². The molecule has 1 atom stereocenters. The molecule has 66 valence electrons. The molecule has 0 aromatic rings. The predicted octanol–water partition coefficient (Wildman–Crippen LogP) is 0.755. The van der Waals surface area contributed by atoms with Gasteiger partial charge in [0.15, 0.2) is 0 Å². The first kappa shape index (κ1) is 9.20. The highest BCUT2D eigenvalue weighted by Gasteiger charge is 2.19. The van der Waals surface area contributed by atoms with Gasteiger partial charge < -0.3 is 5.32 Å². The minimum atomic E-state index is -0.604. The molecule has 0 radical (unpaired) electrons. The average molecular weight is 175 g/mol. The van der Waals surface area contributed by atoms with Crippen molar-refractivity contribution in [1.29, 1.82) is 0 Å². The third kappa shape index (κ3) is 5.39. The third-order valence-corrected chi connectivity index (χ3v) is 2.78. The van der Waals surface area contributed by atoms with Crippen molar-refractivity contribution in [3.05, 3.63) is 0 Å². The molecule has 1 aliphatic carbocycles. The van der Waals surface area contributed by atoms with Gasteiger partial charge in [-0.1, -0.05) is 0 Å². The zero-order valence-electron chi connectivity index (χ0n) is 7.14. The highest BCUT2D eigenvalue weighted by atomic mass is 32.2. The van der Waals surface area contributed by atoms with E-state index in [-0.39, 0.29) is 0 Å². The summed E-state index contributed by atoms with van der Waals surface area (Å²) < 4.78 is 10.6. The molecule has 1 rings (SSSR count). The predicted molar refractivity (Wildman–Crippen MR) is 49.1 cm³/mol. The molecule has 0 aromatic carbocycles. The Hall–Kier alpha value is 0.110. The highest BCUT2D eigenvalue weighted by Crippen LogP contribution is 2.27. The van der Waals surface area contributed by atoms with Gasteiger partial charge in [0.25, 0.3) is 0 Å². The van der Waals surface area contributed by atoms with Crippen molar-refractivity contribution >= 4 is 10.8 Å². The second-order valence-electron chi connectivity index (χ2n) is 3.28. The van der Waals surface area contributed by atoms with Crippen LogP contribution in [0.3, 0.4) is 0 Å². The molecule has 0 heterocycles. The van der Waals surface area contributed by atoms with E-state index in [1.54, 1.807) is 6.26 Å². The monoisotopic (exact) mass is 175 g/mol. The van der Waals surface area contributed by atoms with Gasteiger partial charge in [-0.25, -0.2) is 0 Å². The molecule has 1 fully saturated rings. The van der Waals surface area contributed by atoms with E-state index >= 15 is 0 Å². The van der Waals surface area contributed by atoms with Gasteiger partial charge in [0.2, 0.25) is 0 Å². The van der Waals surface area contributed by atoms with E-state index in [2.05, 4.69) is 5.32 Å². The lowest BCUT2D eigenvalue weighted by Gasteiger charge is -2.00. The number of nitrogens with one attached hydrogen (secondary N) is 1. The van der Waals surface area contributed by atoms with Crippen LogP contribution in [-0.2, 0) is 10.8 Å². The molecule has 3 heteroatoms. The van der Waals surface area contributed by atoms with Gasteiger partial charge in [-0.2, -0.15) is 0 Å². The van der Waals surface area contributed by atoms with E-state index in [4.69, 9.17) is 0 Å². The Kier molecular flexibility index (Phi) is 4.08. The minimum absolute atomic E-state index is 0.604. The van der Waals surface area contributed by atoms with Crippen molar-refractivity contribution in [3.8, 4) is 0 Å². The molecular formula is C8H17NOS. The van der Waals surface area contributed by atoms with Crippen LogP contribution in [-0.4, -0.2) is 29.3 Å². The molecule has 1 saturated carbocycles. The highest BCUT2D eigenvalue weighted by molar-refractivity contribution is 7.84. The minimum Gasteiger partial charge on any atom is -0.316 e. The molecule has 0 spiro atoms. The van der Waals surface area contributed by atoms with Gasteiger partial charge in [-0.3, -0.25) is 4.21 Å². The summed E-state index contributed by atoms with van der Waals surface area (Å²) in [6.07, 6.45) is 5.64. The Morgan fingerprint density at radius 3 is 2.82 bits per heavy atom. The lowest BCUT2D eigenvalue weighted by molar-refractivity contribution is 0.627. The fourth-order valence-corrected chi connectivity index (χ4v) is 1.58. The second-order valence-corrected chi connectivity index (χ2v) is 4.83. The Bertz CT molecular complexity index is 134. The molecule has 1 aliphatic rings. The van der Waals surface area contributed by atoms with Gasteiger partial charge in [0, 0.05) is 22.8 Å². The van der Waals surface area contributed by atoms with Gasteiger partial charge >= 0.3 is 0 Å². The zero-order valence-corrected chi connectivity index (χ0v) is 7.95. The molecule has 1 unspecified atom stereocenters. The molecule has 2 nitrogen and oxygen atoms in total. The smallest absolute Gasteiger partial charge is 0.0244 e. The van der Waals surface area contributed by atoms with E-state index in [1.165, 1.54) is 19.4 Å². The quantitative estimate of drug-likeness (QED) is 0.604. The zero-order chi connectivity index (χ0) is 8.10. The summed E-state index contributed by atoms with van der Waals surface area (Å²) in [5, 5.41) is 3.37. The van der Waals surface area contributed by atoms with Crippen molar-refractivity contribution < 1.29 is 4.21 Å². The van der Waals surface area contributed by atoms with Crippen molar-refractivity contribution in [2.45, 2.75) is 19.3 Å². The maximum atomic E-state index is 10.6. The van der Waals surface area contributed by atoms with Crippen LogP contribution >= 0.6 is 0 Å². The fraction of sp³-hybridized carbons (Fsp3) is 1.00. The van der Waals surface area contributed by atoms with Gasteiger partial charge in [0.1, 0.15) is 0 Å². The Morgan fingerprint density at radius 2 is 2.27 bits per heavy atom. The van der Waals surface area contributed by atoms with Crippen molar-refractivity contribution in [2.24, 2.45) is 5.92 Å². The molecule has 1 N–H and O–H groups in total. The lowest BCUT2D eigenvalue weighted by atomic mass is 10.4. The van der Waals surface area contributed by atoms with Crippen LogP contribution in [0.2, 0.25) is 0 Å². The summed E-state index contributed by atoms with van der Waals surface area (Å²) in [5.41, 5.74) is 0. The summed E-state index contributed by atoms with van der Waals surface area (Å²) >= 11 is 0. The molecular weight excluding hydrogens is 158 g/mol. The first-order valence-corrected chi connectivity index (χ1v) is 6.02. The maximum absolute atomic E-state index is 10.6. The van der Waals surface area contributed by atoms with Crippen LogP contribution in [0.5, 0.6) is 0 Å². The normalized spacial score (nSPS) is 20.1. The Balaban J connectivity index is 1.76. The van der Waals surface area contributed by atoms with Crippen LogP contribution in [0.4, 0.5) is 0 Å². The maximum Gasteiger partial charge on any atom is 0.0244 e. The molecule has 11 heavy (non-hydrogen) atoms. The number of hydrogen-bond acceptors (Lipinski definition) is 2.